The Hall–Kier alpha value is 1.43. The first kappa shape index (κ1) is 23.3. The van der Waals surface area contributed by atoms with E-state index in [9.17, 15) is 0 Å². The zero-order valence-corrected chi connectivity index (χ0v) is 14.4. The summed E-state index contributed by atoms with van der Waals surface area (Å²) in [5, 5.41) is 0. The summed E-state index contributed by atoms with van der Waals surface area (Å²) in [7, 11) is 0. The molecule has 0 amide bonds. The predicted molar refractivity (Wildman–Crippen MR) is 49.6 cm³/mol. The fraction of sp³-hybridized carbons (Fsp3) is 0.400. The van der Waals surface area contributed by atoms with Gasteiger partial charge in [0.1, 0.15) is 0 Å². The fourth-order valence-corrected chi connectivity index (χ4v) is 0. The van der Waals surface area contributed by atoms with Gasteiger partial charge >= 0.3 is 0 Å². The first-order chi connectivity index (χ1) is 4.54. The average molecular weight is 316 g/mol. The van der Waals surface area contributed by atoms with Crippen molar-refractivity contribution in [2.75, 3.05) is 0 Å². The molecule has 0 nitrogen and oxygen atoms in total. The van der Waals surface area contributed by atoms with Gasteiger partial charge in [0, 0.05) is 65.4 Å². The van der Waals surface area contributed by atoms with Gasteiger partial charge in [-0.3, -0.25) is 0 Å². The average Bonchev–Trinajstić information content (AvgIpc) is 1.89. The normalized spacial score (nSPS) is 5.67. The van der Waals surface area contributed by atoms with Crippen LogP contribution >= 0.6 is 0 Å². The van der Waals surface area contributed by atoms with Crippen molar-refractivity contribution in [3.63, 3.8) is 0 Å². The van der Waals surface area contributed by atoms with Gasteiger partial charge in [0.25, 0.3) is 0 Å². The Bertz CT molecular complexity index is 100. The second kappa shape index (κ2) is 18.3. The van der Waals surface area contributed by atoms with Crippen molar-refractivity contribution in [3.05, 3.63) is 37.1 Å². The minimum atomic E-state index is 0. The molecule has 0 atom stereocenters. The Morgan fingerprint density at radius 2 is 1.42 bits per heavy atom. The van der Waals surface area contributed by atoms with E-state index in [-0.39, 0.29) is 65.4 Å². The van der Waals surface area contributed by atoms with Crippen molar-refractivity contribution < 1.29 is 65.4 Å². The molecule has 0 aliphatic carbocycles. The van der Waals surface area contributed by atoms with Gasteiger partial charge < -0.3 is 0 Å². The van der Waals surface area contributed by atoms with Crippen molar-refractivity contribution in [3.8, 4) is 0 Å². The molecule has 0 aliphatic heterocycles. The van der Waals surface area contributed by atoms with Crippen LogP contribution in [0.1, 0.15) is 27.7 Å². The van der Waals surface area contributed by atoms with Crippen LogP contribution in [0.3, 0.4) is 0 Å². The molecule has 0 spiro atoms. The molecule has 0 saturated heterocycles. The SMILES string of the molecule is C=C[C-](C)C.[CH2-]C=C(C)C.[Y].[Y]. The van der Waals surface area contributed by atoms with E-state index < -0.39 is 0 Å². The molecule has 2 heteroatoms. The molecule has 0 unspecified atom stereocenters. The van der Waals surface area contributed by atoms with Crippen molar-refractivity contribution >= 4 is 0 Å². The molecule has 0 aromatic rings. The summed E-state index contributed by atoms with van der Waals surface area (Å²) < 4.78 is 0. The molecular weight excluding hydrogens is 298 g/mol. The Balaban J connectivity index is -0.0000000457. The first-order valence-corrected chi connectivity index (χ1v) is 3.39. The third-order valence-electron chi connectivity index (χ3n) is 0.816. The summed E-state index contributed by atoms with van der Waals surface area (Å²) in [5.41, 5.74) is 1.27. The van der Waals surface area contributed by atoms with Crippen LogP contribution in [-0.4, -0.2) is 0 Å². The number of allylic oxidation sites excluding steroid dienone is 3. The number of hydrogen-bond donors (Lipinski definition) is 0. The standard InChI is InChI=1S/2C5H9.2Y/c2*1-4-5(2)3;;/h2*4H,1H2,2-3H3;;/q2*-1;;. The Morgan fingerprint density at radius 1 is 1.25 bits per heavy atom. The van der Waals surface area contributed by atoms with E-state index in [0.717, 1.165) is 0 Å². The number of rotatable bonds is 1. The van der Waals surface area contributed by atoms with Crippen LogP contribution in [0.2, 0.25) is 0 Å². The molecule has 0 saturated carbocycles. The third kappa shape index (κ3) is 42.2. The van der Waals surface area contributed by atoms with Crippen LogP contribution in [0.25, 0.3) is 0 Å². The van der Waals surface area contributed by atoms with Gasteiger partial charge in [-0.1, -0.05) is 0 Å². The second-order valence-corrected chi connectivity index (χ2v) is 2.56. The smallest absolute Gasteiger partial charge is 0 e. The van der Waals surface area contributed by atoms with Crippen LogP contribution in [0, 0.1) is 12.8 Å². The van der Waals surface area contributed by atoms with Crippen LogP contribution in [-0.2, 0) is 65.4 Å². The summed E-state index contributed by atoms with van der Waals surface area (Å²) >= 11 is 0. The summed E-state index contributed by atoms with van der Waals surface area (Å²) in [5.74, 6) is 1.27. The molecule has 0 aliphatic rings. The topological polar surface area (TPSA) is 0 Å². The van der Waals surface area contributed by atoms with E-state index in [0.29, 0.717) is 0 Å². The largest absolute Gasteiger partial charge is 0.245 e. The van der Waals surface area contributed by atoms with E-state index in [1.165, 1.54) is 11.5 Å². The van der Waals surface area contributed by atoms with Crippen LogP contribution < -0.4 is 0 Å². The summed E-state index contributed by atoms with van der Waals surface area (Å²) in [6.45, 7) is 15.1. The minimum Gasteiger partial charge on any atom is -0.245 e. The molecule has 0 aromatic carbocycles. The fourth-order valence-electron chi connectivity index (χ4n) is 0. The van der Waals surface area contributed by atoms with E-state index in [2.05, 4.69) is 13.5 Å². The van der Waals surface area contributed by atoms with Crippen LogP contribution in [0.5, 0.6) is 0 Å². The van der Waals surface area contributed by atoms with E-state index in [1.807, 2.05) is 39.8 Å². The second-order valence-electron chi connectivity index (χ2n) is 2.56. The van der Waals surface area contributed by atoms with Gasteiger partial charge in [0.15, 0.2) is 0 Å². The molecule has 0 heterocycles. The molecular formula is C10H18Y2-2. The number of hydrogen-bond acceptors (Lipinski definition) is 0. The zero-order valence-electron chi connectivity index (χ0n) is 8.72. The van der Waals surface area contributed by atoms with Gasteiger partial charge in [0.05, 0.1) is 0 Å². The first-order valence-electron chi connectivity index (χ1n) is 3.39. The van der Waals surface area contributed by atoms with Crippen molar-refractivity contribution in [2.24, 2.45) is 0 Å². The Labute approximate surface area is 128 Å². The molecule has 2 radical (unpaired) electrons. The summed E-state index contributed by atoms with van der Waals surface area (Å²) in [4.78, 5) is 0. The molecule has 66 valence electrons. The van der Waals surface area contributed by atoms with E-state index in [1.54, 1.807) is 0 Å². The maximum Gasteiger partial charge on any atom is 0 e. The molecule has 0 bridgehead atoms. The van der Waals surface area contributed by atoms with E-state index in [4.69, 9.17) is 0 Å². The van der Waals surface area contributed by atoms with Gasteiger partial charge in [-0.25, -0.2) is 37.1 Å². The molecule has 0 N–H and O–H groups in total. The van der Waals surface area contributed by atoms with Gasteiger partial charge in [-0.2, -0.15) is 0 Å². The predicted octanol–water partition coefficient (Wildman–Crippen LogP) is 3.57. The Morgan fingerprint density at radius 3 is 1.42 bits per heavy atom. The van der Waals surface area contributed by atoms with Crippen molar-refractivity contribution in [1.29, 1.82) is 0 Å². The molecule has 0 fully saturated rings. The monoisotopic (exact) mass is 316 g/mol. The van der Waals surface area contributed by atoms with Crippen LogP contribution in [0.15, 0.2) is 24.3 Å². The van der Waals surface area contributed by atoms with Gasteiger partial charge in [-0.15, -0.1) is 27.7 Å². The van der Waals surface area contributed by atoms with Crippen molar-refractivity contribution in [2.45, 2.75) is 27.7 Å². The maximum atomic E-state index is 3.52. The van der Waals surface area contributed by atoms with Crippen molar-refractivity contribution in [1.82, 2.24) is 0 Å². The quantitative estimate of drug-likeness (QED) is 0.649. The molecule has 0 rings (SSSR count). The Kier molecular flexibility index (Phi) is 35.5. The van der Waals surface area contributed by atoms with Gasteiger partial charge in [-0.05, 0) is 0 Å². The summed E-state index contributed by atoms with van der Waals surface area (Å²) in [6, 6.07) is 0. The minimum absolute atomic E-state index is 0. The maximum absolute atomic E-state index is 3.52. The third-order valence-corrected chi connectivity index (χ3v) is 0.816. The molecule has 0 aromatic heterocycles. The summed E-state index contributed by atoms with van der Waals surface area (Å²) in [6.07, 6.45) is 3.67. The zero-order chi connectivity index (χ0) is 8.57. The molecule has 12 heavy (non-hydrogen) atoms. The van der Waals surface area contributed by atoms with E-state index >= 15 is 0 Å². The van der Waals surface area contributed by atoms with Crippen LogP contribution in [0.4, 0.5) is 0 Å². The van der Waals surface area contributed by atoms with Gasteiger partial charge in [0.2, 0.25) is 0 Å².